The van der Waals surface area contributed by atoms with Crippen molar-refractivity contribution in [1.29, 1.82) is 0 Å². The van der Waals surface area contributed by atoms with Crippen LogP contribution in [0.25, 0.3) is 11.2 Å². The monoisotopic (exact) mass is 483 g/mol. The summed E-state index contributed by atoms with van der Waals surface area (Å²) in [4.78, 5) is 16.9. The van der Waals surface area contributed by atoms with Crippen LogP contribution in [0.4, 0.5) is 17.5 Å². The van der Waals surface area contributed by atoms with Crippen LogP contribution in [0.1, 0.15) is 42.9 Å². The summed E-state index contributed by atoms with van der Waals surface area (Å²) in [5.74, 6) is 1.34. The molecule has 0 atom stereocenters. The van der Waals surface area contributed by atoms with Crippen LogP contribution in [0.15, 0.2) is 60.9 Å². The highest BCUT2D eigenvalue weighted by Crippen LogP contribution is 2.33. The lowest BCUT2D eigenvalue weighted by Gasteiger charge is -2.26. The van der Waals surface area contributed by atoms with E-state index in [0.717, 1.165) is 55.5 Å². The second-order valence-corrected chi connectivity index (χ2v) is 9.71. The number of hydrogen-bond acceptors (Lipinski definition) is 7. The molecule has 8 heteroatoms. The Labute approximate surface area is 211 Å². The SMILES string of the molecule is c1ccc(CNc2nc(Nc3ccc(CN4CCOCC4)cc3)c3ncn(C4CCCC4)c3n2)cc1. The predicted molar refractivity (Wildman–Crippen MR) is 142 cm³/mol. The van der Waals surface area contributed by atoms with Gasteiger partial charge in [0, 0.05) is 37.9 Å². The lowest BCUT2D eigenvalue weighted by Crippen LogP contribution is -2.35. The van der Waals surface area contributed by atoms with Gasteiger partial charge in [0.25, 0.3) is 0 Å². The summed E-state index contributed by atoms with van der Waals surface area (Å²) in [6.45, 7) is 5.22. The Morgan fingerprint density at radius 1 is 0.889 bits per heavy atom. The normalized spacial score (nSPS) is 17.0. The zero-order chi connectivity index (χ0) is 24.2. The molecule has 1 aliphatic heterocycles. The number of morpholine rings is 1. The van der Waals surface area contributed by atoms with E-state index in [-0.39, 0.29) is 0 Å². The van der Waals surface area contributed by atoms with Crippen molar-refractivity contribution in [3.63, 3.8) is 0 Å². The molecule has 0 unspecified atom stereocenters. The average Bonchev–Trinajstić information content (AvgIpc) is 3.60. The van der Waals surface area contributed by atoms with Crippen LogP contribution in [0.5, 0.6) is 0 Å². The Bertz CT molecular complexity index is 1280. The standard InChI is InChI=1S/C28H33N7O/c1-2-6-21(7-3-1)18-29-28-32-26(25-27(33-28)35(20-30-25)24-8-4-5-9-24)31-23-12-10-22(11-13-23)19-34-14-16-36-17-15-34/h1-3,6-7,10-13,20,24H,4-5,8-9,14-19H2,(H2,29,31,32,33). The zero-order valence-corrected chi connectivity index (χ0v) is 20.6. The van der Waals surface area contributed by atoms with Gasteiger partial charge in [-0.25, -0.2) is 4.98 Å². The molecule has 186 valence electrons. The van der Waals surface area contributed by atoms with Crippen molar-refractivity contribution in [1.82, 2.24) is 24.4 Å². The molecule has 2 N–H and O–H groups in total. The van der Waals surface area contributed by atoms with Crippen molar-refractivity contribution in [2.75, 3.05) is 36.9 Å². The highest BCUT2D eigenvalue weighted by atomic mass is 16.5. The van der Waals surface area contributed by atoms with Crippen LogP contribution < -0.4 is 10.6 Å². The lowest BCUT2D eigenvalue weighted by atomic mass is 10.2. The van der Waals surface area contributed by atoms with E-state index in [2.05, 4.69) is 56.5 Å². The Morgan fingerprint density at radius 3 is 2.44 bits per heavy atom. The number of aromatic nitrogens is 4. The number of fused-ring (bicyclic) bond motifs is 1. The molecule has 0 amide bonds. The lowest BCUT2D eigenvalue weighted by molar-refractivity contribution is 0.0342. The maximum absolute atomic E-state index is 5.47. The number of nitrogens with zero attached hydrogens (tertiary/aromatic N) is 5. The van der Waals surface area contributed by atoms with E-state index < -0.39 is 0 Å². The van der Waals surface area contributed by atoms with Gasteiger partial charge in [0.05, 0.1) is 19.5 Å². The van der Waals surface area contributed by atoms with E-state index in [1.54, 1.807) is 0 Å². The zero-order valence-electron chi connectivity index (χ0n) is 20.6. The van der Waals surface area contributed by atoms with E-state index in [9.17, 15) is 0 Å². The fourth-order valence-corrected chi connectivity index (χ4v) is 5.16. The van der Waals surface area contributed by atoms with Crippen LogP contribution in [-0.4, -0.2) is 50.7 Å². The highest BCUT2D eigenvalue weighted by molar-refractivity contribution is 5.86. The largest absolute Gasteiger partial charge is 0.379 e. The summed E-state index contributed by atoms with van der Waals surface area (Å²) in [7, 11) is 0. The molecule has 1 aliphatic carbocycles. The number of anilines is 3. The maximum Gasteiger partial charge on any atom is 0.227 e. The van der Waals surface area contributed by atoms with Crippen molar-refractivity contribution in [3.8, 4) is 0 Å². The van der Waals surface area contributed by atoms with Crippen LogP contribution in [0.2, 0.25) is 0 Å². The third kappa shape index (κ3) is 5.20. The van der Waals surface area contributed by atoms with Gasteiger partial charge < -0.3 is 19.9 Å². The molecular weight excluding hydrogens is 450 g/mol. The summed E-state index contributed by atoms with van der Waals surface area (Å²) < 4.78 is 7.71. The number of imidazole rings is 1. The van der Waals surface area contributed by atoms with Crippen LogP contribution in [0.3, 0.4) is 0 Å². The Morgan fingerprint density at radius 2 is 1.67 bits per heavy atom. The maximum atomic E-state index is 5.47. The summed E-state index contributed by atoms with van der Waals surface area (Å²) >= 11 is 0. The minimum absolute atomic E-state index is 0.458. The number of benzene rings is 2. The molecule has 36 heavy (non-hydrogen) atoms. The third-order valence-electron chi connectivity index (χ3n) is 7.16. The molecule has 2 aromatic carbocycles. The first-order valence-corrected chi connectivity index (χ1v) is 13.0. The number of rotatable bonds is 8. The fraction of sp³-hybridized carbons (Fsp3) is 0.393. The van der Waals surface area contributed by atoms with Crippen molar-refractivity contribution < 1.29 is 4.74 Å². The van der Waals surface area contributed by atoms with Crippen molar-refractivity contribution in [2.24, 2.45) is 0 Å². The molecule has 1 saturated heterocycles. The van der Waals surface area contributed by atoms with Crippen molar-refractivity contribution in [3.05, 3.63) is 72.1 Å². The molecule has 2 aromatic heterocycles. The molecule has 4 aromatic rings. The van der Waals surface area contributed by atoms with E-state index >= 15 is 0 Å². The van der Waals surface area contributed by atoms with Gasteiger partial charge in [-0.1, -0.05) is 55.3 Å². The van der Waals surface area contributed by atoms with Crippen molar-refractivity contribution >= 4 is 28.6 Å². The molecule has 1 saturated carbocycles. The van der Waals surface area contributed by atoms with E-state index in [1.807, 2.05) is 24.5 Å². The van der Waals surface area contributed by atoms with E-state index in [4.69, 9.17) is 19.7 Å². The Balaban J connectivity index is 1.25. The molecule has 6 rings (SSSR count). The topological polar surface area (TPSA) is 80.1 Å². The smallest absolute Gasteiger partial charge is 0.227 e. The quantitative estimate of drug-likeness (QED) is 0.360. The average molecular weight is 484 g/mol. The predicted octanol–water partition coefficient (Wildman–Crippen LogP) is 5.13. The van der Waals surface area contributed by atoms with Gasteiger partial charge in [-0.15, -0.1) is 0 Å². The van der Waals surface area contributed by atoms with Crippen LogP contribution in [0, 0.1) is 0 Å². The van der Waals surface area contributed by atoms with Gasteiger partial charge in [0.1, 0.15) is 0 Å². The van der Waals surface area contributed by atoms with Gasteiger partial charge in [-0.2, -0.15) is 9.97 Å². The first-order chi connectivity index (χ1) is 17.8. The summed E-state index contributed by atoms with van der Waals surface area (Å²) in [5.41, 5.74) is 5.18. The molecule has 8 nitrogen and oxygen atoms in total. The molecule has 2 fully saturated rings. The molecule has 0 spiro atoms. The highest BCUT2D eigenvalue weighted by Gasteiger charge is 2.22. The van der Waals surface area contributed by atoms with Crippen molar-refractivity contribution in [2.45, 2.75) is 44.8 Å². The minimum Gasteiger partial charge on any atom is -0.379 e. The number of nitrogens with one attached hydrogen (secondary N) is 2. The van der Waals surface area contributed by atoms with Crippen LogP contribution >= 0.6 is 0 Å². The molecule has 0 bridgehead atoms. The number of hydrogen-bond donors (Lipinski definition) is 2. The molecule has 0 radical (unpaired) electrons. The second kappa shape index (κ2) is 10.6. The van der Waals surface area contributed by atoms with Crippen LogP contribution in [-0.2, 0) is 17.8 Å². The van der Waals surface area contributed by atoms with Gasteiger partial charge in [-0.05, 0) is 36.1 Å². The first-order valence-electron chi connectivity index (χ1n) is 13.0. The Kier molecular flexibility index (Phi) is 6.78. The fourth-order valence-electron chi connectivity index (χ4n) is 5.16. The van der Waals surface area contributed by atoms with E-state index in [1.165, 1.54) is 36.8 Å². The Hall–Kier alpha value is -3.49. The molecular formula is C28H33N7O. The van der Waals surface area contributed by atoms with Gasteiger partial charge in [-0.3, -0.25) is 4.90 Å². The van der Waals surface area contributed by atoms with Gasteiger partial charge >= 0.3 is 0 Å². The summed E-state index contributed by atoms with van der Waals surface area (Å²) in [5, 5.41) is 6.94. The molecule has 3 heterocycles. The van der Waals surface area contributed by atoms with Gasteiger partial charge in [0.15, 0.2) is 17.0 Å². The molecule has 2 aliphatic rings. The number of ether oxygens (including phenoxy) is 1. The van der Waals surface area contributed by atoms with Gasteiger partial charge in [0.2, 0.25) is 5.95 Å². The third-order valence-corrected chi connectivity index (χ3v) is 7.16. The summed E-state index contributed by atoms with van der Waals surface area (Å²) in [6, 6.07) is 19.4. The second-order valence-electron chi connectivity index (χ2n) is 9.71. The minimum atomic E-state index is 0.458. The first kappa shape index (κ1) is 22.9. The summed E-state index contributed by atoms with van der Waals surface area (Å²) in [6.07, 6.45) is 6.81. The van der Waals surface area contributed by atoms with E-state index in [0.29, 0.717) is 18.5 Å².